The minimum absolute atomic E-state index is 0.0165. The molecule has 1 aliphatic rings. The van der Waals surface area contributed by atoms with Crippen molar-refractivity contribution in [1.82, 2.24) is 14.3 Å². The minimum atomic E-state index is -4.23. The van der Waals surface area contributed by atoms with Crippen LogP contribution in [0.4, 0.5) is 0 Å². The van der Waals surface area contributed by atoms with E-state index in [1.807, 2.05) is 0 Å². The second-order valence-corrected chi connectivity index (χ2v) is 8.64. The van der Waals surface area contributed by atoms with Crippen molar-refractivity contribution in [3.63, 3.8) is 0 Å². The van der Waals surface area contributed by atoms with Gasteiger partial charge in [0.15, 0.2) is 10.6 Å². The van der Waals surface area contributed by atoms with E-state index >= 15 is 0 Å². The lowest BCUT2D eigenvalue weighted by atomic mass is 10.0. The fourth-order valence-electron chi connectivity index (χ4n) is 3.24. The molecule has 2 heterocycles. The SMILES string of the molecule is COC(=O)c1c[nH]c(C(S)(c2ccccc2)N2C(=O)c3ccccc3S2(=O)=O)n1. The number of aromatic amines is 1. The Hall–Kier alpha value is -3.11. The molecule has 3 aromatic rings. The number of amides is 1. The Morgan fingerprint density at radius 2 is 1.79 bits per heavy atom. The van der Waals surface area contributed by atoms with Crippen molar-refractivity contribution in [3.05, 3.63) is 83.4 Å². The van der Waals surface area contributed by atoms with Gasteiger partial charge in [0, 0.05) is 6.20 Å². The number of methoxy groups -OCH3 is 1. The molecule has 1 aromatic heterocycles. The Kier molecular flexibility index (Phi) is 4.47. The number of aromatic nitrogens is 2. The van der Waals surface area contributed by atoms with E-state index in [0.717, 1.165) is 0 Å². The minimum Gasteiger partial charge on any atom is -0.464 e. The molecule has 0 spiro atoms. The fraction of sp³-hybridized carbons (Fsp3) is 0.105. The van der Waals surface area contributed by atoms with E-state index < -0.39 is 26.8 Å². The number of H-pyrrole nitrogens is 1. The molecule has 0 saturated carbocycles. The molecule has 29 heavy (non-hydrogen) atoms. The Labute approximate surface area is 172 Å². The van der Waals surface area contributed by atoms with Gasteiger partial charge in [-0.15, -0.1) is 12.6 Å². The van der Waals surface area contributed by atoms with Crippen molar-refractivity contribution >= 4 is 34.5 Å². The molecule has 10 heteroatoms. The molecule has 0 saturated heterocycles. The first-order chi connectivity index (χ1) is 13.8. The molecule has 148 valence electrons. The molecule has 0 bridgehead atoms. The van der Waals surface area contributed by atoms with Gasteiger partial charge in [-0.3, -0.25) is 4.79 Å². The summed E-state index contributed by atoms with van der Waals surface area (Å²) in [5, 5.41) is 0. The summed E-state index contributed by atoms with van der Waals surface area (Å²) < 4.78 is 32.0. The number of rotatable bonds is 4. The van der Waals surface area contributed by atoms with Crippen LogP contribution in [-0.2, 0) is 19.6 Å². The summed E-state index contributed by atoms with van der Waals surface area (Å²) in [5.41, 5.74) is 0.346. The van der Waals surface area contributed by atoms with Gasteiger partial charge in [-0.25, -0.2) is 22.5 Å². The number of ether oxygens (including phenoxy) is 1. The quantitative estimate of drug-likeness (QED) is 0.486. The normalized spacial score (nSPS) is 16.9. The van der Waals surface area contributed by atoms with Crippen molar-refractivity contribution in [3.8, 4) is 0 Å². The smallest absolute Gasteiger partial charge is 0.358 e. The monoisotopic (exact) mass is 429 g/mol. The number of carbonyl (C=O) groups is 2. The summed E-state index contributed by atoms with van der Waals surface area (Å²) in [6, 6.07) is 14.3. The molecular formula is C19H15N3O5S2. The Balaban J connectivity index is 1.97. The van der Waals surface area contributed by atoms with Crippen LogP contribution in [-0.4, -0.2) is 41.7 Å². The van der Waals surface area contributed by atoms with Gasteiger partial charge in [0.1, 0.15) is 10.7 Å². The number of thiol groups is 1. The first-order valence-electron chi connectivity index (χ1n) is 8.42. The van der Waals surface area contributed by atoms with Crippen LogP contribution in [0.3, 0.4) is 0 Å². The Morgan fingerprint density at radius 3 is 2.45 bits per heavy atom. The van der Waals surface area contributed by atoms with Gasteiger partial charge < -0.3 is 9.72 Å². The largest absolute Gasteiger partial charge is 0.464 e. The lowest BCUT2D eigenvalue weighted by Crippen LogP contribution is -2.47. The molecule has 1 atom stereocenters. The molecule has 4 rings (SSSR count). The summed E-state index contributed by atoms with van der Waals surface area (Å²) >= 11 is 4.66. The molecule has 1 N–H and O–H groups in total. The number of benzene rings is 2. The number of hydrogen-bond acceptors (Lipinski definition) is 7. The van der Waals surface area contributed by atoms with Crippen LogP contribution in [0.1, 0.15) is 32.2 Å². The lowest BCUT2D eigenvalue weighted by molar-refractivity contribution is 0.0594. The number of fused-ring (bicyclic) bond motifs is 1. The molecule has 0 radical (unpaired) electrons. The molecule has 1 unspecified atom stereocenters. The summed E-state index contributed by atoms with van der Waals surface area (Å²) in [5.74, 6) is -1.47. The van der Waals surface area contributed by atoms with Crippen LogP contribution in [0.15, 0.2) is 65.7 Å². The lowest BCUT2D eigenvalue weighted by Gasteiger charge is -2.35. The van der Waals surface area contributed by atoms with Crippen LogP contribution in [0.2, 0.25) is 0 Å². The standard InChI is InChI=1S/C19H15N3O5S2/c1-27-17(24)14-11-20-18(21-14)19(28,12-7-3-2-4-8-12)22-16(23)13-9-5-6-10-15(13)29(22,25)26/h2-11,28H,1H3,(H,20,21). The molecule has 8 nitrogen and oxygen atoms in total. The maximum atomic E-state index is 13.3. The number of esters is 1. The summed E-state index contributed by atoms with van der Waals surface area (Å²) in [6.45, 7) is 0. The average molecular weight is 429 g/mol. The van der Waals surface area contributed by atoms with Crippen LogP contribution >= 0.6 is 12.6 Å². The highest BCUT2D eigenvalue weighted by molar-refractivity contribution is 7.91. The molecule has 0 fully saturated rings. The van der Waals surface area contributed by atoms with Crippen molar-refractivity contribution < 1.29 is 22.7 Å². The fourth-order valence-corrected chi connectivity index (χ4v) is 5.65. The Morgan fingerprint density at radius 1 is 1.14 bits per heavy atom. The second kappa shape index (κ2) is 6.75. The van der Waals surface area contributed by atoms with E-state index in [-0.39, 0.29) is 22.0 Å². The highest BCUT2D eigenvalue weighted by Crippen LogP contribution is 2.46. The number of imidazole rings is 1. The van der Waals surface area contributed by atoms with Crippen molar-refractivity contribution in [2.24, 2.45) is 0 Å². The van der Waals surface area contributed by atoms with E-state index in [1.54, 1.807) is 36.4 Å². The zero-order chi connectivity index (χ0) is 20.8. The van der Waals surface area contributed by atoms with Crippen LogP contribution in [0.5, 0.6) is 0 Å². The van der Waals surface area contributed by atoms with Gasteiger partial charge in [-0.1, -0.05) is 42.5 Å². The van der Waals surface area contributed by atoms with Gasteiger partial charge in [-0.05, 0) is 17.7 Å². The topological polar surface area (TPSA) is 109 Å². The third-order valence-electron chi connectivity index (χ3n) is 4.59. The molecule has 2 aromatic carbocycles. The third-order valence-corrected chi connectivity index (χ3v) is 7.23. The van der Waals surface area contributed by atoms with E-state index in [4.69, 9.17) is 0 Å². The van der Waals surface area contributed by atoms with Gasteiger partial charge in [0.25, 0.3) is 15.9 Å². The van der Waals surface area contributed by atoms with Crippen LogP contribution in [0, 0.1) is 0 Å². The molecule has 0 aliphatic carbocycles. The van der Waals surface area contributed by atoms with Crippen molar-refractivity contribution in [2.45, 2.75) is 9.77 Å². The van der Waals surface area contributed by atoms with E-state index in [1.165, 1.54) is 31.5 Å². The predicted octanol–water partition coefficient (Wildman–Crippen LogP) is 2.17. The van der Waals surface area contributed by atoms with E-state index in [2.05, 4.69) is 27.3 Å². The number of nitrogens with zero attached hydrogens (tertiary/aromatic N) is 2. The number of nitrogens with one attached hydrogen (secondary N) is 1. The summed E-state index contributed by atoms with van der Waals surface area (Å²) in [6.07, 6.45) is 1.27. The highest BCUT2D eigenvalue weighted by atomic mass is 32.2. The van der Waals surface area contributed by atoms with E-state index in [0.29, 0.717) is 9.87 Å². The average Bonchev–Trinajstić information content (AvgIpc) is 3.31. The molecular weight excluding hydrogens is 414 g/mol. The first-order valence-corrected chi connectivity index (χ1v) is 10.3. The number of hydrogen-bond donors (Lipinski definition) is 2. The maximum absolute atomic E-state index is 13.3. The summed E-state index contributed by atoms with van der Waals surface area (Å²) in [7, 11) is -3.03. The molecule has 1 aliphatic heterocycles. The predicted molar refractivity (Wildman–Crippen MR) is 106 cm³/mol. The van der Waals surface area contributed by atoms with Crippen LogP contribution < -0.4 is 0 Å². The van der Waals surface area contributed by atoms with Gasteiger partial charge in [-0.2, -0.15) is 0 Å². The Bertz CT molecular complexity index is 1220. The van der Waals surface area contributed by atoms with Crippen LogP contribution in [0.25, 0.3) is 0 Å². The summed E-state index contributed by atoms with van der Waals surface area (Å²) in [4.78, 5) is 30.0. The molecule has 1 amide bonds. The number of sulfonamides is 1. The second-order valence-electron chi connectivity index (χ2n) is 6.23. The first kappa shape index (κ1) is 19.2. The van der Waals surface area contributed by atoms with Gasteiger partial charge >= 0.3 is 5.97 Å². The van der Waals surface area contributed by atoms with Crippen molar-refractivity contribution in [2.75, 3.05) is 7.11 Å². The van der Waals surface area contributed by atoms with Gasteiger partial charge in [0.05, 0.1) is 12.7 Å². The third kappa shape index (κ3) is 2.75. The zero-order valence-electron chi connectivity index (χ0n) is 15.1. The van der Waals surface area contributed by atoms with Crippen molar-refractivity contribution in [1.29, 1.82) is 0 Å². The highest BCUT2D eigenvalue weighted by Gasteiger charge is 2.54. The van der Waals surface area contributed by atoms with Gasteiger partial charge in [0.2, 0.25) is 0 Å². The van der Waals surface area contributed by atoms with E-state index in [9.17, 15) is 18.0 Å². The zero-order valence-corrected chi connectivity index (χ0v) is 16.8. The maximum Gasteiger partial charge on any atom is 0.358 e. The number of carbonyl (C=O) groups excluding carboxylic acids is 2.